The molecule has 6 nitrogen and oxygen atoms in total. The highest BCUT2D eigenvalue weighted by molar-refractivity contribution is 5.85. The Bertz CT molecular complexity index is 974. The average molecular weight is 395 g/mol. The van der Waals surface area contributed by atoms with Crippen LogP contribution in [0.1, 0.15) is 31.9 Å². The first-order valence-corrected chi connectivity index (χ1v) is 9.00. The zero-order valence-electron chi connectivity index (χ0n) is 17.1. The first-order chi connectivity index (χ1) is 13.4. The van der Waals surface area contributed by atoms with Crippen molar-refractivity contribution in [2.24, 2.45) is 16.9 Å². The van der Waals surface area contributed by atoms with Gasteiger partial charge < -0.3 is 21.7 Å². The Morgan fingerprint density at radius 1 is 1.17 bits per heavy atom. The summed E-state index contributed by atoms with van der Waals surface area (Å²) in [7, 11) is 1.50. The monoisotopic (exact) mass is 395 g/mol. The molecule has 0 fully saturated rings. The molecule has 1 atom stereocenters. The van der Waals surface area contributed by atoms with E-state index in [9.17, 15) is 9.18 Å². The van der Waals surface area contributed by atoms with E-state index in [1.54, 1.807) is 57.2 Å². The van der Waals surface area contributed by atoms with Crippen molar-refractivity contribution in [2.45, 2.75) is 26.3 Å². The molecular formula is C22H26FN5O. The molecule has 0 bridgehead atoms. The summed E-state index contributed by atoms with van der Waals surface area (Å²) in [5.74, 6) is -0.814. The summed E-state index contributed by atoms with van der Waals surface area (Å²) in [5.41, 5.74) is 11.7. The molecule has 0 spiro atoms. The maximum absolute atomic E-state index is 14.7. The summed E-state index contributed by atoms with van der Waals surface area (Å²) in [6, 6.07) is 13.4. The fourth-order valence-electron chi connectivity index (χ4n) is 2.90. The zero-order chi connectivity index (χ0) is 22.0. The maximum atomic E-state index is 14.7. The van der Waals surface area contributed by atoms with Gasteiger partial charge in [0.2, 0.25) is 5.91 Å². The predicted molar refractivity (Wildman–Crippen MR) is 112 cm³/mol. The Morgan fingerprint density at radius 3 is 2.24 bits per heavy atom. The number of nitrogens with two attached hydrogens (primary N) is 2. The van der Waals surface area contributed by atoms with E-state index in [1.807, 2.05) is 0 Å². The fraction of sp³-hybridized carbons (Fsp3) is 0.273. The number of benzene rings is 2. The Labute approximate surface area is 170 Å². The molecule has 0 aliphatic carbocycles. The second kappa shape index (κ2) is 7.94. The van der Waals surface area contributed by atoms with E-state index >= 15 is 0 Å². The average Bonchev–Trinajstić information content (AvgIpc) is 2.68. The summed E-state index contributed by atoms with van der Waals surface area (Å²) in [4.78, 5) is 14.1. The summed E-state index contributed by atoms with van der Waals surface area (Å²) in [6.45, 7) is 8.48. The molecule has 0 aliphatic rings. The van der Waals surface area contributed by atoms with E-state index < -0.39 is 16.8 Å². The van der Waals surface area contributed by atoms with Crippen molar-refractivity contribution in [3.63, 3.8) is 0 Å². The molecule has 0 aromatic heterocycles. The first-order valence-electron chi connectivity index (χ1n) is 9.00. The van der Waals surface area contributed by atoms with Gasteiger partial charge in [0.1, 0.15) is 5.82 Å². The summed E-state index contributed by atoms with van der Waals surface area (Å²) < 4.78 is 14.7. The number of rotatable bonds is 6. The summed E-state index contributed by atoms with van der Waals surface area (Å²) in [6.07, 6.45) is 0. The first kappa shape index (κ1) is 21.9. The molecule has 0 aliphatic heterocycles. The van der Waals surface area contributed by atoms with E-state index in [0.717, 1.165) is 5.69 Å². The van der Waals surface area contributed by atoms with E-state index in [-0.39, 0.29) is 17.3 Å². The Balaban J connectivity index is 2.41. The van der Waals surface area contributed by atoms with Crippen molar-refractivity contribution in [3.05, 3.63) is 71.8 Å². The number of nitriles is 1. The van der Waals surface area contributed by atoms with Crippen LogP contribution in [0.2, 0.25) is 0 Å². The van der Waals surface area contributed by atoms with Gasteiger partial charge in [-0.1, -0.05) is 6.58 Å². The molecule has 0 unspecified atom stereocenters. The third kappa shape index (κ3) is 4.23. The quantitative estimate of drug-likeness (QED) is 0.693. The molecule has 1 amide bonds. The molecule has 5 N–H and O–H groups in total. The van der Waals surface area contributed by atoms with Crippen molar-refractivity contribution in [1.29, 1.82) is 5.26 Å². The van der Waals surface area contributed by atoms with Gasteiger partial charge in [0.05, 0.1) is 28.4 Å². The van der Waals surface area contributed by atoms with Crippen LogP contribution in [-0.2, 0) is 10.3 Å². The van der Waals surface area contributed by atoms with Gasteiger partial charge in [-0.25, -0.2) is 4.39 Å². The Kier molecular flexibility index (Phi) is 6.00. The molecule has 2 rings (SSSR count). The topological polar surface area (TPSA) is 108 Å². The van der Waals surface area contributed by atoms with Crippen molar-refractivity contribution in [1.82, 2.24) is 4.90 Å². The number of halogens is 1. The van der Waals surface area contributed by atoms with Crippen LogP contribution in [0.5, 0.6) is 0 Å². The largest absolute Gasteiger partial charge is 0.386 e. The van der Waals surface area contributed by atoms with Gasteiger partial charge in [-0.3, -0.25) is 4.79 Å². The SMILES string of the molecule is C=C(N)N(C)C(=O)C(C)(C)[C@](C)(N)c1cc(Nc2ccc(C#N)cc2)ccc1F. The predicted octanol–water partition coefficient (Wildman–Crippen LogP) is 3.53. The highest BCUT2D eigenvalue weighted by Crippen LogP contribution is 2.41. The minimum atomic E-state index is -1.35. The number of hydrogen-bond acceptors (Lipinski definition) is 5. The summed E-state index contributed by atoms with van der Waals surface area (Å²) >= 11 is 0. The van der Waals surface area contributed by atoms with Crippen molar-refractivity contribution < 1.29 is 9.18 Å². The molecule has 29 heavy (non-hydrogen) atoms. The Morgan fingerprint density at radius 2 is 1.72 bits per heavy atom. The number of carbonyl (C=O) groups is 1. The highest BCUT2D eigenvalue weighted by Gasteiger charge is 2.47. The number of carbonyl (C=O) groups excluding carboxylic acids is 1. The van der Waals surface area contributed by atoms with Crippen LogP contribution < -0.4 is 16.8 Å². The van der Waals surface area contributed by atoms with Crippen molar-refractivity contribution >= 4 is 17.3 Å². The number of amides is 1. The molecule has 0 saturated heterocycles. The van der Waals surface area contributed by atoms with E-state index in [0.29, 0.717) is 11.3 Å². The van der Waals surface area contributed by atoms with Crippen LogP contribution in [0.3, 0.4) is 0 Å². The number of anilines is 2. The Hall–Kier alpha value is -3.37. The lowest BCUT2D eigenvalue weighted by Gasteiger charge is -2.42. The fourth-order valence-corrected chi connectivity index (χ4v) is 2.90. The minimum Gasteiger partial charge on any atom is -0.386 e. The molecule has 7 heteroatoms. The lowest BCUT2D eigenvalue weighted by Crippen LogP contribution is -2.56. The van der Waals surface area contributed by atoms with Crippen LogP contribution in [0.25, 0.3) is 0 Å². The standard InChI is InChI=1S/C22H26FN5O/c1-14(25)28(5)20(29)21(2,3)22(4,26)18-12-17(10-11-19(18)23)27-16-8-6-15(13-24)7-9-16/h6-12,27H,1,25-26H2,2-5H3/t22-/m1/s1. The normalized spacial score (nSPS) is 13.1. The molecule has 152 valence electrons. The third-order valence-electron chi connectivity index (χ3n) is 5.40. The number of nitrogens with one attached hydrogen (secondary N) is 1. The number of hydrogen-bond donors (Lipinski definition) is 3. The van der Waals surface area contributed by atoms with E-state index in [4.69, 9.17) is 16.7 Å². The molecule has 2 aromatic rings. The van der Waals surface area contributed by atoms with Crippen molar-refractivity contribution in [3.8, 4) is 6.07 Å². The summed E-state index contributed by atoms with van der Waals surface area (Å²) in [5, 5.41) is 12.1. The van der Waals surface area contributed by atoms with Crippen LogP contribution in [0.4, 0.5) is 15.8 Å². The van der Waals surface area contributed by atoms with Gasteiger partial charge in [0.15, 0.2) is 0 Å². The van der Waals surface area contributed by atoms with Crippen LogP contribution in [0.15, 0.2) is 54.9 Å². The zero-order valence-corrected chi connectivity index (χ0v) is 17.1. The second-order valence-electron chi connectivity index (χ2n) is 7.69. The molecule has 0 radical (unpaired) electrons. The smallest absolute Gasteiger partial charge is 0.235 e. The van der Waals surface area contributed by atoms with Crippen LogP contribution in [-0.4, -0.2) is 17.9 Å². The van der Waals surface area contributed by atoms with Gasteiger partial charge in [-0.15, -0.1) is 0 Å². The van der Waals surface area contributed by atoms with E-state index in [2.05, 4.69) is 18.0 Å². The van der Waals surface area contributed by atoms with Crippen LogP contribution in [0, 0.1) is 22.6 Å². The van der Waals surface area contributed by atoms with Gasteiger partial charge in [-0.05, 0) is 63.2 Å². The lowest BCUT2D eigenvalue weighted by atomic mass is 9.68. The number of nitrogens with zero attached hydrogens (tertiary/aromatic N) is 2. The highest BCUT2D eigenvalue weighted by atomic mass is 19.1. The minimum absolute atomic E-state index is 0.0792. The molecule has 0 heterocycles. The molecule has 0 saturated carbocycles. The van der Waals surface area contributed by atoms with Crippen molar-refractivity contribution in [2.75, 3.05) is 12.4 Å². The molecular weight excluding hydrogens is 369 g/mol. The maximum Gasteiger partial charge on any atom is 0.235 e. The van der Waals surface area contributed by atoms with Crippen LogP contribution >= 0.6 is 0 Å². The lowest BCUT2D eigenvalue weighted by molar-refractivity contribution is -0.141. The third-order valence-corrected chi connectivity index (χ3v) is 5.40. The second-order valence-corrected chi connectivity index (χ2v) is 7.69. The van der Waals surface area contributed by atoms with Gasteiger partial charge >= 0.3 is 0 Å². The van der Waals surface area contributed by atoms with Gasteiger partial charge in [-0.2, -0.15) is 5.26 Å². The van der Waals surface area contributed by atoms with E-state index in [1.165, 1.54) is 18.0 Å². The molecule has 2 aromatic carbocycles. The van der Waals surface area contributed by atoms with Gasteiger partial charge in [0, 0.05) is 24.0 Å². The van der Waals surface area contributed by atoms with Gasteiger partial charge in [0.25, 0.3) is 0 Å².